The summed E-state index contributed by atoms with van der Waals surface area (Å²) in [6, 6.07) is 27.9. The van der Waals surface area contributed by atoms with Gasteiger partial charge in [0.1, 0.15) is 5.78 Å². The maximum Gasteiger partial charge on any atom is 0.158 e. The van der Waals surface area contributed by atoms with E-state index in [0.29, 0.717) is 11.7 Å². The van der Waals surface area contributed by atoms with Gasteiger partial charge in [-0.15, -0.1) is 0 Å². The van der Waals surface area contributed by atoms with Crippen molar-refractivity contribution in [1.29, 1.82) is 0 Å². The zero-order valence-corrected chi connectivity index (χ0v) is 42.1. The highest BCUT2D eigenvalue weighted by Gasteiger charge is 2.26. The summed E-state index contributed by atoms with van der Waals surface area (Å²) >= 11 is 0. The molecule has 64 heavy (non-hydrogen) atoms. The molecular formula is C62H88O2. The summed E-state index contributed by atoms with van der Waals surface area (Å²) in [7, 11) is 0. The molecule has 2 aliphatic carbocycles. The molecule has 2 aliphatic rings. The van der Waals surface area contributed by atoms with Gasteiger partial charge in [-0.05, 0) is 169 Å². The van der Waals surface area contributed by atoms with Gasteiger partial charge in [0.25, 0.3) is 0 Å². The van der Waals surface area contributed by atoms with Gasteiger partial charge in [-0.1, -0.05) is 192 Å². The standard InChI is InChI=1S/C53H68O.C7H14O.C2H6/c1-6-11-14-38-16-20-42(21-17-38)43-24-26-44(27-25-43)45-28-30-46(31-29-45)48-32-33-49-50(34-35-53(54)40(9-4)13-8-3)52(36-41(10-5)51(49)37-48)47-22-18-39(19-23-47)15-12-7-2;1-4-5-6(2)7(3)8;1-2/h10,24-40,42,47H,5-9,11-23H2,1-4H3;6H,4-5H2,1-3H3;1-2H3/b35-34-;;. The molecular weight excluding hydrogens is 777 g/mol. The quantitative estimate of drug-likeness (QED) is 0.0830. The number of carbonyl (C=O) groups is 2. The van der Waals surface area contributed by atoms with Crippen molar-refractivity contribution in [3.63, 3.8) is 0 Å². The van der Waals surface area contributed by atoms with Crippen LogP contribution in [0.25, 0.3) is 45.2 Å². The summed E-state index contributed by atoms with van der Waals surface area (Å²) in [6.45, 7) is 23.0. The monoisotopic (exact) mass is 865 g/mol. The third-order valence-corrected chi connectivity index (χ3v) is 14.8. The Morgan fingerprint density at radius 1 is 0.625 bits per heavy atom. The van der Waals surface area contributed by atoms with Crippen molar-refractivity contribution >= 4 is 34.5 Å². The lowest BCUT2D eigenvalue weighted by Crippen LogP contribution is -2.15. The molecule has 4 aromatic rings. The molecule has 2 nitrogen and oxygen atoms in total. The molecule has 2 unspecified atom stereocenters. The number of allylic oxidation sites excluding steroid dienone is 1. The lowest BCUT2D eigenvalue weighted by molar-refractivity contribution is -0.120. The third kappa shape index (κ3) is 15.0. The lowest BCUT2D eigenvalue weighted by atomic mass is 9.74. The first kappa shape index (κ1) is 52.6. The van der Waals surface area contributed by atoms with Gasteiger partial charge in [0, 0.05) is 11.8 Å². The molecule has 0 aromatic heterocycles. The van der Waals surface area contributed by atoms with Crippen LogP contribution in [0.4, 0.5) is 0 Å². The van der Waals surface area contributed by atoms with Gasteiger partial charge in [-0.3, -0.25) is 9.59 Å². The molecule has 0 aliphatic heterocycles. The molecule has 0 radical (unpaired) electrons. The van der Waals surface area contributed by atoms with Crippen LogP contribution in [-0.2, 0) is 9.59 Å². The van der Waals surface area contributed by atoms with Crippen LogP contribution in [0, 0.1) is 23.7 Å². The number of benzene rings is 4. The number of ketones is 2. The SMILES string of the molecule is C=Cc1cc(C2CCC(CCCC)CC2)c(/C=C\C(=O)C(CC)CCC)c2ccc(-c3ccc(-c4ccc(C5CCC(CCCC)CC5)cc4)cc3)cc12.CC.CCCC(C)C(C)=O. The number of rotatable bonds is 20. The summed E-state index contributed by atoms with van der Waals surface area (Å²) in [4.78, 5) is 24.0. The number of hydrogen-bond acceptors (Lipinski definition) is 2. The average molecular weight is 865 g/mol. The van der Waals surface area contributed by atoms with Gasteiger partial charge in [-0.2, -0.15) is 0 Å². The van der Waals surface area contributed by atoms with Crippen LogP contribution in [0.5, 0.6) is 0 Å². The van der Waals surface area contributed by atoms with Crippen LogP contribution < -0.4 is 0 Å². The number of unbranched alkanes of at least 4 members (excludes halogenated alkanes) is 2. The minimum absolute atomic E-state index is 0.107. The van der Waals surface area contributed by atoms with Crippen LogP contribution in [-0.4, -0.2) is 11.6 Å². The van der Waals surface area contributed by atoms with Crippen molar-refractivity contribution in [1.82, 2.24) is 0 Å². The maximum atomic E-state index is 13.4. The fourth-order valence-electron chi connectivity index (χ4n) is 10.5. The van der Waals surface area contributed by atoms with Gasteiger partial charge in [0.05, 0.1) is 0 Å². The Hall–Kier alpha value is -4.04. The predicted octanol–water partition coefficient (Wildman–Crippen LogP) is 19.2. The fraction of sp³-hybridized carbons (Fsp3) is 0.548. The number of Topliss-reactive ketones (excluding diaryl/α,β-unsaturated/α-hetero) is 1. The van der Waals surface area contributed by atoms with Crippen molar-refractivity contribution in [3.05, 3.63) is 108 Å². The fourth-order valence-corrected chi connectivity index (χ4v) is 10.5. The minimum atomic E-state index is 0.107. The molecule has 0 amide bonds. The Morgan fingerprint density at radius 3 is 1.59 bits per heavy atom. The molecule has 0 bridgehead atoms. The summed E-state index contributed by atoms with van der Waals surface area (Å²) in [5.74, 6) is 4.02. The lowest BCUT2D eigenvalue weighted by Gasteiger charge is -2.30. The predicted molar refractivity (Wildman–Crippen MR) is 282 cm³/mol. The zero-order valence-electron chi connectivity index (χ0n) is 42.1. The number of carbonyl (C=O) groups excluding carboxylic acids is 2. The van der Waals surface area contributed by atoms with Crippen molar-refractivity contribution in [2.75, 3.05) is 0 Å². The minimum Gasteiger partial charge on any atom is -0.300 e. The molecule has 2 atom stereocenters. The van der Waals surface area contributed by atoms with Crippen molar-refractivity contribution in [2.45, 2.75) is 196 Å². The largest absolute Gasteiger partial charge is 0.300 e. The van der Waals surface area contributed by atoms with Gasteiger partial charge in [0.2, 0.25) is 0 Å². The van der Waals surface area contributed by atoms with E-state index < -0.39 is 0 Å². The smallest absolute Gasteiger partial charge is 0.158 e. The van der Waals surface area contributed by atoms with E-state index in [2.05, 4.69) is 120 Å². The van der Waals surface area contributed by atoms with Crippen LogP contribution in [0.2, 0.25) is 0 Å². The normalized spacial score (nSPS) is 19.5. The molecule has 0 spiro atoms. The average Bonchev–Trinajstić information content (AvgIpc) is 3.34. The maximum absolute atomic E-state index is 13.4. The third-order valence-electron chi connectivity index (χ3n) is 14.8. The molecule has 348 valence electrons. The van der Waals surface area contributed by atoms with Gasteiger partial charge < -0.3 is 0 Å². The number of hydrogen-bond donors (Lipinski definition) is 0. The van der Waals surface area contributed by atoms with Gasteiger partial charge >= 0.3 is 0 Å². The first-order chi connectivity index (χ1) is 31.1. The van der Waals surface area contributed by atoms with E-state index in [9.17, 15) is 9.59 Å². The summed E-state index contributed by atoms with van der Waals surface area (Å²) < 4.78 is 0. The van der Waals surface area contributed by atoms with Gasteiger partial charge in [-0.25, -0.2) is 0 Å². The van der Waals surface area contributed by atoms with E-state index in [1.165, 1.54) is 145 Å². The highest BCUT2D eigenvalue weighted by atomic mass is 16.1. The second kappa shape index (κ2) is 28.1. The Labute approximate surface area is 392 Å². The molecule has 4 aromatic carbocycles. The molecule has 0 N–H and O–H groups in total. The second-order valence-corrected chi connectivity index (χ2v) is 19.3. The Morgan fingerprint density at radius 2 is 1.12 bits per heavy atom. The topological polar surface area (TPSA) is 34.1 Å². The van der Waals surface area contributed by atoms with E-state index in [4.69, 9.17) is 0 Å². The highest BCUT2D eigenvalue weighted by molar-refractivity contribution is 6.03. The van der Waals surface area contributed by atoms with Crippen molar-refractivity contribution in [2.24, 2.45) is 23.7 Å². The highest BCUT2D eigenvalue weighted by Crippen LogP contribution is 2.43. The van der Waals surface area contributed by atoms with Crippen LogP contribution in [0.3, 0.4) is 0 Å². The Kier molecular flexibility index (Phi) is 23.1. The summed E-state index contributed by atoms with van der Waals surface area (Å²) in [5.41, 5.74) is 10.3. The zero-order chi connectivity index (χ0) is 46.4. The molecule has 6 rings (SSSR count). The van der Waals surface area contributed by atoms with Crippen molar-refractivity contribution in [3.8, 4) is 22.3 Å². The molecule has 0 heterocycles. The first-order valence-electron chi connectivity index (χ1n) is 26.3. The second-order valence-electron chi connectivity index (χ2n) is 19.3. The number of fused-ring (bicyclic) bond motifs is 1. The van der Waals surface area contributed by atoms with Crippen LogP contribution in [0.15, 0.2) is 85.5 Å². The molecule has 2 saturated carbocycles. The van der Waals surface area contributed by atoms with E-state index in [-0.39, 0.29) is 17.6 Å². The first-order valence-corrected chi connectivity index (χ1v) is 26.3. The van der Waals surface area contributed by atoms with Crippen LogP contribution in [0.1, 0.15) is 218 Å². The van der Waals surface area contributed by atoms with E-state index in [0.717, 1.165) is 49.9 Å². The molecule has 0 saturated heterocycles. The Bertz CT molecular complexity index is 2010. The van der Waals surface area contributed by atoms with E-state index >= 15 is 0 Å². The molecule has 2 heteroatoms. The Balaban J connectivity index is 0.000000810. The summed E-state index contributed by atoms with van der Waals surface area (Å²) in [5, 5.41) is 2.45. The van der Waals surface area contributed by atoms with Gasteiger partial charge in [0.15, 0.2) is 5.78 Å². The van der Waals surface area contributed by atoms with Crippen molar-refractivity contribution < 1.29 is 9.59 Å². The van der Waals surface area contributed by atoms with E-state index in [1.54, 1.807) is 6.92 Å². The van der Waals surface area contributed by atoms with Crippen LogP contribution >= 0.6 is 0 Å². The molecule has 2 fully saturated rings. The van der Waals surface area contributed by atoms with E-state index in [1.807, 2.05) is 32.9 Å². The summed E-state index contributed by atoms with van der Waals surface area (Å²) in [6.07, 6.45) is 29.8.